The molecule has 0 saturated heterocycles. The maximum absolute atomic E-state index is 12.6. The van der Waals surface area contributed by atoms with Gasteiger partial charge in [0.1, 0.15) is 12.1 Å². The SMILES string of the molecule is Cc1c(Cl)cccc1S(=O)(=O)Nc1ccc2c(c1)nc(C)n2CC=O. The zero-order valence-electron chi connectivity index (χ0n) is 13.7. The highest BCUT2D eigenvalue weighted by Gasteiger charge is 2.19. The van der Waals surface area contributed by atoms with Gasteiger partial charge < -0.3 is 9.36 Å². The summed E-state index contributed by atoms with van der Waals surface area (Å²) in [5, 5.41) is 0.390. The highest BCUT2D eigenvalue weighted by molar-refractivity contribution is 7.92. The minimum absolute atomic E-state index is 0.128. The molecule has 130 valence electrons. The Balaban J connectivity index is 2.00. The molecule has 2 aromatic carbocycles. The Labute approximate surface area is 150 Å². The predicted octanol–water partition coefficient (Wildman–Crippen LogP) is 3.31. The molecule has 3 aromatic rings. The molecule has 8 heteroatoms. The molecule has 0 unspecified atom stereocenters. The molecule has 0 aliphatic rings. The van der Waals surface area contributed by atoms with Gasteiger partial charge in [-0.1, -0.05) is 17.7 Å². The molecule has 0 aliphatic carbocycles. The molecule has 0 fully saturated rings. The largest absolute Gasteiger partial charge is 0.321 e. The molecule has 0 amide bonds. The number of anilines is 1. The summed E-state index contributed by atoms with van der Waals surface area (Å²) in [6, 6.07) is 9.76. The fraction of sp³-hybridized carbons (Fsp3) is 0.176. The number of rotatable bonds is 5. The van der Waals surface area contributed by atoms with E-state index >= 15 is 0 Å². The highest BCUT2D eigenvalue weighted by Crippen LogP contribution is 2.26. The maximum Gasteiger partial charge on any atom is 0.262 e. The van der Waals surface area contributed by atoms with Crippen LogP contribution in [0.25, 0.3) is 11.0 Å². The van der Waals surface area contributed by atoms with E-state index in [1.54, 1.807) is 48.7 Å². The number of benzene rings is 2. The first-order chi connectivity index (χ1) is 11.8. The summed E-state index contributed by atoms with van der Waals surface area (Å²) in [5.74, 6) is 0.688. The minimum atomic E-state index is -3.77. The van der Waals surface area contributed by atoms with Crippen LogP contribution in [-0.2, 0) is 21.4 Å². The minimum Gasteiger partial charge on any atom is -0.321 e. The van der Waals surface area contributed by atoms with Gasteiger partial charge in [0.25, 0.3) is 10.0 Å². The molecule has 0 spiro atoms. The number of fused-ring (bicyclic) bond motifs is 1. The Morgan fingerprint density at radius 1 is 1.24 bits per heavy atom. The number of aromatic nitrogens is 2. The van der Waals surface area contributed by atoms with Gasteiger partial charge in [0, 0.05) is 5.02 Å². The normalized spacial score (nSPS) is 11.6. The van der Waals surface area contributed by atoms with Crippen molar-refractivity contribution >= 4 is 44.6 Å². The molecular weight excluding hydrogens is 362 g/mol. The van der Waals surface area contributed by atoms with E-state index in [1.807, 2.05) is 0 Å². The van der Waals surface area contributed by atoms with E-state index in [4.69, 9.17) is 11.6 Å². The van der Waals surface area contributed by atoms with Crippen LogP contribution in [-0.4, -0.2) is 24.3 Å². The first-order valence-electron chi connectivity index (χ1n) is 7.52. The van der Waals surface area contributed by atoms with E-state index < -0.39 is 10.0 Å². The van der Waals surface area contributed by atoms with Gasteiger partial charge in [-0.15, -0.1) is 0 Å². The number of carbonyl (C=O) groups is 1. The van der Waals surface area contributed by atoms with E-state index in [0.29, 0.717) is 27.6 Å². The van der Waals surface area contributed by atoms with Crippen LogP contribution in [0.3, 0.4) is 0 Å². The van der Waals surface area contributed by atoms with Crippen molar-refractivity contribution in [3.63, 3.8) is 0 Å². The molecule has 0 bridgehead atoms. The molecule has 1 N–H and O–H groups in total. The van der Waals surface area contributed by atoms with Crippen LogP contribution in [0.4, 0.5) is 5.69 Å². The van der Waals surface area contributed by atoms with E-state index in [0.717, 1.165) is 11.8 Å². The van der Waals surface area contributed by atoms with Gasteiger partial charge >= 0.3 is 0 Å². The lowest BCUT2D eigenvalue weighted by Gasteiger charge is -2.11. The fourth-order valence-electron chi connectivity index (χ4n) is 2.71. The third-order valence-corrected chi connectivity index (χ3v) is 5.89. The number of carbonyl (C=O) groups excluding carboxylic acids is 1. The van der Waals surface area contributed by atoms with Crippen molar-refractivity contribution in [3.05, 3.63) is 52.8 Å². The molecule has 25 heavy (non-hydrogen) atoms. The summed E-state index contributed by atoms with van der Waals surface area (Å²) in [6.45, 7) is 3.66. The van der Waals surface area contributed by atoms with Crippen LogP contribution in [0.15, 0.2) is 41.3 Å². The van der Waals surface area contributed by atoms with Crippen molar-refractivity contribution in [3.8, 4) is 0 Å². The van der Waals surface area contributed by atoms with Crippen LogP contribution in [0, 0.1) is 13.8 Å². The number of imidazole rings is 1. The van der Waals surface area contributed by atoms with E-state index in [-0.39, 0.29) is 11.4 Å². The number of nitrogens with zero attached hydrogens (tertiary/aromatic N) is 2. The van der Waals surface area contributed by atoms with E-state index in [9.17, 15) is 13.2 Å². The quantitative estimate of drug-likeness (QED) is 0.691. The van der Waals surface area contributed by atoms with Crippen molar-refractivity contribution in [1.29, 1.82) is 0 Å². The number of sulfonamides is 1. The molecular formula is C17H16ClN3O3S. The Morgan fingerprint density at radius 3 is 2.72 bits per heavy atom. The molecule has 1 heterocycles. The number of aryl methyl sites for hydroxylation is 1. The molecule has 3 rings (SSSR count). The van der Waals surface area contributed by atoms with Crippen molar-refractivity contribution in [2.24, 2.45) is 0 Å². The Bertz CT molecular complexity index is 1070. The smallest absolute Gasteiger partial charge is 0.262 e. The van der Waals surface area contributed by atoms with E-state index in [2.05, 4.69) is 9.71 Å². The highest BCUT2D eigenvalue weighted by atomic mass is 35.5. The second-order valence-electron chi connectivity index (χ2n) is 5.61. The van der Waals surface area contributed by atoms with Gasteiger partial charge in [-0.3, -0.25) is 4.72 Å². The lowest BCUT2D eigenvalue weighted by Crippen LogP contribution is -2.14. The summed E-state index contributed by atoms with van der Waals surface area (Å²) in [5.41, 5.74) is 2.26. The van der Waals surface area contributed by atoms with Crippen LogP contribution in [0.1, 0.15) is 11.4 Å². The van der Waals surface area contributed by atoms with Crippen LogP contribution in [0.2, 0.25) is 5.02 Å². The van der Waals surface area contributed by atoms with Crippen molar-refractivity contribution < 1.29 is 13.2 Å². The predicted molar refractivity (Wildman–Crippen MR) is 97.5 cm³/mol. The van der Waals surface area contributed by atoms with Crippen LogP contribution >= 0.6 is 11.6 Å². The standard InChI is InChI=1S/C17H16ClN3O3S/c1-11-14(18)4-3-5-17(11)25(23,24)20-13-6-7-16-15(10-13)19-12(2)21(16)8-9-22/h3-7,9-10,20H,8H2,1-2H3. The number of hydrogen-bond donors (Lipinski definition) is 1. The van der Waals surface area contributed by atoms with Crippen LogP contribution < -0.4 is 4.72 Å². The second kappa shape index (κ2) is 6.50. The van der Waals surface area contributed by atoms with Crippen LogP contribution in [0.5, 0.6) is 0 Å². The summed E-state index contributed by atoms with van der Waals surface area (Å²) in [7, 11) is -3.77. The number of aldehydes is 1. The molecule has 0 atom stereocenters. The zero-order valence-corrected chi connectivity index (χ0v) is 15.2. The number of hydrogen-bond acceptors (Lipinski definition) is 4. The lowest BCUT2D eigenvalue weighted by atomic mass is 10.2. The van der Waals surface area contributed by atoms with Crippen molar-refractivity contribution in [1.82, 2.24) is 9.55 Å². The molecule has 6 nitrogen and oxygen atoms in total. The van der Waals surface area contributed by atoms with Crippen molar-refractivity contribution in [2.75, 3.05) is 4.72 Å². The molecule has 0 radical (unpaired) electrons. The van der Waals surface area contributed by atoms with Gasteiger partial charge in [0.05, 0.1) is 28.2 Å². The fourth-order valence-corrected chi connectivity index (χ4v) is 4.26. The second-order valence-corrected chi connectivity index (χ2v) is 7.67. The summed E-state index contributed by atoms with van der Waals surface area (Å²) < 4.78 is 29.6. The average Bonchev–Trinajstić information content (AvgIpc) is 2.85. The van der Waals surface area contributed by atoms with Gasteiger partial charge in [-0.25, -0.2) is 13.4 Å². The van der Waals surface area contributed by atoms with Gasteiger partial charge in [-0.2, -0.15) is 0 Å². The topological polar surface area (TPSA) is 81.1 Å². The van der Waals surface area contributed by atoms with Gasteiger partial charge in [0.15, 0.2) is 0 Å². The third kappa shape index (κ3) is 3.25. The monoisotopic (exact) mass is 377 g/mol. The maximum atomic E-state index is 12.6. The summed E-state index contributed by atoms with van der Waals surface area (Å²) in [4.78, 5) is 15.3. The first kappa shape index (κ1) is 17.4. The molecule has 0 aliphatic heterocycles. The lowest BCUT2D eigenvalue weighted by molar-refractivity contribution is -0.108. The Morgan fingerprint density at radius 2 is 2.00 bits per heavy atom. The van der Waals surface area contributed by atoms with Gasteiger partial charge in [-0.05, 0) is 49.7 Å². The number of halogens is 1. The first-order valence-corrected chi connectivity index (χ1v) is 9.38. The average molecular weight is 378 g/mol. The third-order valence-electron chi connectivity index (χ3n) is 3.96. The van der Waals surface area contributed by atoms with Gasteiger partial charge in [0.2, 0.25) is 0 Å². The molecule has 0 saturated carbocycles. The Hall–Kier alpha value is -2.38. The van der Waals surface area contributed by atoms with Crippen molar-refractivity contribution in [2.45, 2.75) is 25.3 Å². The number of nitrogens with one attached hydrogen (secondary N) is 1. The Kier molecular flexibility index (Phi) is 4.53. The summed E-state index contributed by atoms with van der Waals surface area (Å²) >= 11 is 6.02. The van der Waals surface area contributed by atoms with E-state index in [1.165, 1.54) is 6.07 Å². The molecule has 1 aromatic heterocycles. The summed E-state index contributed by atoms with van der Waals surface area (Å²) in [6.07, 6.45) is 0.798. The zero-order chi connectivity index (χ0) is 18.2.